The molecule has 2 aromatic rings. The second-order valence-electron chi connectivity index (χ2n) is 3.50. The van der Waals surface area contributed by atoms with Gasteiger partial charge in [-0.2, -0.15) is 5.10 Å². The summed E-state index contributed by atoms with van der Waals surface area (Å²) in [5.41, 5.74) is 0.679. The van der Waals surface area contributed by atoms with E-state index in [-0.39, 0.29) is 0 Å². The number of nitrogens with zero attached hydrogens (tertiary/aromatic N) is 3. The fourth-order valence-electron chi connectivity index (χ4n) is 1.29. The summed E-state index contributed by atoms with van der Waals surface area (Å²) in [5, 5.41) is 15.8. The Kier molecular flexibility index (Phi) is 2.74. The van der Waals surface area contributed by atoms with E-state index in [1.807, 2.05) is 12.3 Å². The summed E-state index contributed by atoms with van der Waals surface area (Å²) < 4.78 is 1.60. The average Bonchev–Trinajstić information content (AvgIpc) is 2.84. The number of carboxylic acid groups (broad SMARTS) is 1. The second kappa shape index (κ2) is 4.05. The van der Waals surface area contributed by atoms with E-state index in [0.29, 0.717) is 5.56 Å². The summed E-state index contributed by atoms with van der Waals surface area (Å²) in [6, 6.07) is 0. The fourth-order valence-corrected chi connectivity index (χ4v) is 1.87. The van der Waals surface area contributed by atoms with Crippen molar-refractivity contribution in [3.63, 3.8) is 0 Å². The summed E-state index contributed by atoms with van der Waals surface area (Å²) in [6.45, 7) is 3.55. The first-order valence-corrected chi connectivity index (χ1v) is 5.66. The number of carboxylic acids is 1. The summed E-state index contributed by atoms with van der Waals surface area (Å²) in [7, 11) is 0. The van der Waals surface area contributed by atoms with Crippen LogP contribution in [0.3, 0.4) is 0 Å². The highest BCUT2D eigenvalue weighted by atomic mass is 32.1. The molecule has 2 heterocycles. The molecule has 0 fully saturated rings. The minimum absolute atomic E-state index is 0.548. The highest BCUT2D eigenvalue weighted by Gasteiger charge is 2.16. The van der Waals surface area contributed by atoms with Gasteiger partial charge < -0.3 is 5.11 Å². The lowest BCUT2D eigenvalue weighted by molar-refractivity contribution is -0.138. The number of carbonyl (C=O) groups is 1. The van der Waals surface area contributed by atoms with Gasteiger partial charge in [-0.05, 0) is 13.8 Å². The van der Waals surface area contributed by atoms with Crippen LogP contribution in [0.1, 0.15) is 23.4 Å². The maximum absolute atomic E-state index is 10.8. The molecule has 1 N–H and O–H groups in total. The Bertz CT molecular complexity index is 518. The molecule has 2 rings (SSSR count). The third-order valence-electron chi connectivity index (χ3n) is 2.31. The third-order valence-corrected chi connectivity index (χ3v) is 3.08. The molecule has 0 bridgehead atoms. The van der Waals surface area contributed by atoms with Gasteiger partial charge in [0.1, 0.15) is 0 Å². The average molecular weight is 237 g/mol. The molecule has 0 saturated heterocycles. The van der Waals surface area contributed by atoms with Gasteiger partial charge in [0.25, 0.3) is 0 Å². The van der Waals surface area contributed by atoms with E-state index in [4.69, 9.17) is 5.11 Å². The van der Waals surface area contributed by atoms with Gasteiger partial charge in [-0.25, -0.2) is 9.67 Å². The van der Waals surface area contributed by atoms with Crippen molar-refractivity contribution in [2.75, 3.05) is 0 Å². The molecular weight excluding hydrogens is 226 g/mol. The van der Waals surface area contributed by atoms with Crippen LogP contribution < -0.4 is 0 Å². The maximum Gasteiger partial charge on any atom is 0.310 e. The standard InChI is InChI=1S/C10H11N3O2S/c1-6(10(14)15)8-3-11-13(4-8)9-5-16-7(2)12-9/h3-6H,1-2H3,(H,14,15). The zero-order valence-electron chi connectivity index (χ0n) is 8.91. The predicted octanol–water partition coefficient (Wildman–Crippen LogP) is 1.83. The van der Waals surface area contributed by atoms with Crippen molar-refractivity contribution < 1.29 is 9.90 Å². The molecule has 0 saturated carbocycles. The SMILES string of the molecule is Cc1nc(-n2cc(C(C)C(=O)O)cn2)cs1. The van der Waals surface area contributed by atoms with Gasteiger partial charge in [-0.3, -0.25) is 4.79 Å². The molecule has 2 aromatic heterocycles. The first kappa shape index (κ1) is 10.8. The molecular formula is C10H11N3O2S. The molecule has 0 aromatic carbocycles. The number of aromatic nitrogens is 3. The zero-order valence-corrected chi connectivity index (χ0v) is 9.73. The molecule has 0 aliphatic rings. The van der Waals surface area contributed by atoms with E-state index >= 15 is 0 Å². The maximum atomic E-state index is 10.8. The van der Waals surface area contributed by atoms with Crippen molar-refractivity contribution in [3.05, 3.63) is 28.3 Å². The van der Waals surface area contributed by atoms with Crippen LogP contribution in [0.2, 0.25) is 0 Å². The largest absolute Gasteiger partial charge is 0.481 e. The molecule has 16 heavy (non-hydrogen) atoms. The van der Waals surface area contributed by atoms with Crippen LogP contribution in [0.4, 0.5) is 0 Å². The molecule has 0 amide bonds. The quantitative estimate of drug-likeness (QED) is 0.884. The molecule has 1 unspecified atom stereocenters. The number of hydrogen-bond acceptors (Lipinski definition) is 4. The summed E-state index contributed by atoms with van der Waals surface area (Å²) in [6.07, 6.45) is 3.26. The van der Waals surface area contributed by atoms with Crippen molar-refractivity contribution in [3.8, 4) is 5.82 Å². The van der Waals surface area contributed by atoms with Crippen LogP contribution in [0.5, 0.6) is 0 Å². The normalized spacial score (nSPS) is 12.6. The van der Waals surface area contributed by atoms with Crippen molar-refractivity contribution in [1.82, 2.24) is 14.8 Å². The van der Waals surface area contributed by atoms with Crippen LogP contribution in [0, 0.1) is 6.92 Å². The van der Waals surface area contributed by atoms with Gasteiger partial charge in [-0.15, -0.1) is 11.3 Å². The van der Waals surface area contributed by atoms with Gasteiger partial charge >= 0.3 is 5.97 Å². The van der Waals surface area contributed by atoms with Crippen LogP contribution in [0.25, 0.3) is 5.82 Å². The van der Waals surface area contributed by atoms with E-state index in [1.54, 1.807) is 24.0 Å². The number of aliphatic carboxylic acids is 1. The lowest BCUT2D eigenvalue weighted by Crippen LogP contribution is -2.06. The van der Waals surface area contributed by atoms with E-state index in [2.05, 4.69) is 10.1 Å². The van der Waals surface area contributed by atoms with Crippen LogP contribution in [0.15, 0.2) is 17.8 Å². The van der Waals surface area contributed by atoms with Crippen LogP contribution in [-0.4, -0.2) is 25.8 Å². The summed E-state index contributed by atoms with van der Waals surface area (Å²) in [4.78, 5) is 15.1. The Morgan fingerprint density at radius 2 is 2.38 bits per heavy atom. The van der Waals surface area contributed by atoms with E-state index in [9.17, 15) is 4.79 Å². The highest BCUT2D eigenvalue weighted by Crippen LogP contribution is 2.17. The van der Waals surface area contributed by atoms with Gasteiger partial charge in [-0.1, -0.05) is 0 Å². The van der Waals surface area contributed by atoms with Crippen molar-refractivity contribution in [2.24, 2.45) is 0 Å². The van der Waals surface area contributed by atoms with Gasteiger partial charge in [0.15, 0.2) is 5.82 Å². The zero-order chi connectivity index (χ0) is 11.7. The van der Waals surface area contributed by atoms with Crippen LogP contribution >= 0.6 is 11.3 Å². The molecule has 0 spiro atoms. The first-order valence-electron chi connectivity index (χ1n) is 4.78. The Hall–Kier alpha value is -1.69. The van der Waals surface area contributed by atoms with E-state index in [1.165, 1.54) is 11.3 Å². The smallest absolute Gasteiger partial charge is 0.310 e. The number of rotatable bonds is 3. The highest BCUT2D eigenvalue weighted by molar-refractivity contribution is 7.09. The van der Waals surface area contributed by atoms with Crippen molar-refractivity contribution in [2.45, 2.75) is 19.8 Å². The monoisotopic (exact) mass is 237 g/mol. The second-order valence-corrected chi connectivity index (χ2v) is 4.57. The number of aryl methyl sites for hydroxylation is 1. The lowest BCUT2D eigenvalue weighted by Gasteiger charge is -2.00. The third kappa shape index (κ3) is 1.96. The van der Waals surface area contributed by atoms with Crippen LogP contribution in [-0.2, 0) is 4.79 Å². The van der Waals surface area contributed by atoms with E-state index < -0.39 is 11.9 Å². The lowest BCUT2D eigenvalue weighted by atomic mass is 10.1. The minimum atomic E-state index is -0.853. The molecule has 5 nitrogen and oxygen atoms in total. The molecule has 1 atom stereocenters. The Morgan fingerprint density at radius 3 is 2.94 bits per heavy atom. The van der Waals surface area contributed by atoms with Gasteiger partial charge in [0.05, 0.1) is 17.1 Å². The molecule has 6 heteroatoms. The molecule has 0 aliphatic heterocycles. The number of hydrogen-bond donors (Lipinski definition) is 1. The summed E-state index contributed by atoms with van der Waals surface area (Å²) in [5.74, 6) is -0.672. The molecule has 0 aliphatic carbocycles. The van der Waals surface area contributed by atoms with Crippen molar-refractivity contribution >= 4 is 17.3 Å². The molecule has 0 radical (unpaired) electrons. The minimum Gasteiger partial charge on any atom is -0.481 e. The predicted molar refractivity (Wildman–Crippen MR) is 60.0 cm³/mol. The van der Waals surface area contributed by atoms with E-state index in [0.717, 1.165) is 10.8 Å². The first-order chi connectivity index (χ1) is 7.58. The Balaban J connectivity index is 2.29. The summed E-state index contributed by atoms with van der Waals surface area (Å²) >= 11 is 1.53. The number of thiazole rings is 1. The Labute approximate surface area is 96.4 Å². The van der Waals surface area contributed by atoms with Crippen molar-refractivity contribution in [1.29, 1.82) is 0 Å². The molecule has 84 valence electrons. The van der Waals surface area contributed by atoms with Gasteiger partial charge in [0, 0.05) is 17.1 Å². The van der Waals surface area contributed by atoms with Gasteiger partial charge in [0.2, 0.25) is 0 Å². The Morgan fingerprint density at radius 1 is 1.62 bits per heavy atom. The fraction of sp³-hybridized carbons (Fsp3) is 0.300. The topological polar surface area (TPSA) is 68.0 Å².